The SMILES string of the molecule is Cc1ccc(-c2cc(Cl)c(-c3ccc(C)cc3)s2)cc1. The summed E-state index contributed by atoms with van der Waals surface area (Å²) in [6, 6.07) is 19.1. The molecule has 0 bridgehead atoms. The van der Waals surface area contributed by atoms with Gasteiger partial charge in [0.2, 0.25) is 0 Å². The van der Waals surface area contributed by atoms with Crippen LogP contribution in [-0.4, -0.2) is 0 Å². The van der Waals surface area contributed by atoms with Gasteiger partial charge in [-0.05, 0) is 31.0 Å². The second kappa shape index (κ2) is 5.43. The van der Waals surface area contributed by atoms with Crippen LogP contribution in [-0.2, 0) is 0 Å². The lowest BCUT2D eigenvalue weighted by Gasteiger charge is -2.00. The number of hydrogen-bond donors (Lipinski definition) is 0. The number of hydrogen-bond acceptors (Lipinski definition) is 1. The number of benzene rings is 2. The molecule has 0 fully saturated rings. The Bertz CT molecular complexity index is 721. The summed E-state index contributed by atoms with van der Waals surface area (Å²) in [6.45, 7) is 4.19. The van der Waals surface area contributed by atoms with Crippen LogP contribution in [0.4, 0.5) is 0 Å². The molecule has 0 saturated carbocycles. The molecule has 0 atom stereocenters. The summed E-state index contributed by atoms with van der Waals surface area (Å²) >= 11 is 8.16. The monoisotopic (exact) mass is 298 g/mol. The Morgan fingerprint density at radius 3 is 1.80 bits per heavy atom. The molecular weight excluding hydrogens is 284 g/mol. The van der Waals surface area contributed by atoms with Crippen LogP contribution < -0.4 is 0 Å². The number of thiophene rings is 1. The highest BCUT2D eigenvalue weighted by molar-refractivity contribution is 7.19. The van der Waals surface area contributed by atoms with Crippen molar-refractivity contribution in [3.8, 4) is 20.9 Å². The van der Waals surface area contributed by atoms with Gasteiger partial charge in [-0.25, -0.2) is 0 Å². The first-order valence-corrected chi connectivity index (χ1v) is 7.76. The molecule has 0 aliphatic heterocycles. The molecule has 0 aliphatic carbocycles. The Balaban J connectivity index is 2.02. The number of rotatable bonds is 2. The standard InChI is InChI=1S/C18H15ClS/c1-12-3-7-14(8-4-12)17-11-16(19)18(20-17)15-9-5-13(2)6-10-15/h3-11H,1-2H3. The van der Waals surface area contributed by atoms with E-state index in [1.807, 2.05) is 0 Å². The molecule has 0 spiro atoms. The second-order valence-corrected chi connectivity index (χ2v) is 6.48. The molecule has 0 saturated heterocycles. The van der Waals surface area contributed by atoms with Gasteiger partial charge in [-0.3, -0.25) is 0 Å². The highest BCUT2D eigenvalue weighted by Gasteiger charge is 2.10. The lowest BCUT2D eigenvalue weighted by atomic mass is 10.1. The maximum absolute atomic E-state index is 6.41. The topological polar surface area (TPSA) is 0 Å². The zero-order chi connectivity index (χ0) is 14.1. The van der Waals surface area contributed by atoms with Crippen LogP contribution in [0.25, 0.3) is 20.9 Å². The summed E-state index contributed by atoms with van der Waals surface area (Å²) in [7, 11) is 0. The zero-order valence-corrected chi connectivity index (χ0v) is 13.1. The van der Waals surface area contributed by atoms with Gasteiger partial charge in [0.15, 0.2) is 0 Å². The van der Waals surface area contributed by atoms with E-state index in [0.29, 0.717) is 0 Å². The van der Waals surface area contributed by atoms with Crippen LogP contribution in [0.5, 0.6) is 0 Å². The second-order valence-electron chi connectivity index (χ2n) is 5.02. The molecule has 1 aromatic heterocycles. The van der Waals surface area contributed by atoms with E-state index in [9.17, 15) is 0 Å². The lowest BCUT2D eigenvalue weighted by molar-refractivity contribution is 1.48. The van der Waals surface area contributed by atoms with Crippen molar-refractivity contribution in [2.45, 2.75) is 13.8 Å². The van der Waals surface area contributed by atoms with Crippen molar-refractivity contribution < 1.29 is 0 Å². The molecule has 20 heavy (non-hydrogen) atoms. The predicted octanol–water partition coefficient (Wildman–Crippen LogP) is 6.35. The molecule has 100 valence electrons. The van der Waals surface area contributed by atoms with Crippen LogP contribution >= 0.6 is 22.9 Å². The molecule has 3 rings (SSSR count). The van der Waals surface area contributed by atoms with Crippen LogP contribution in [0.15, 0.2) is 54.6 Å². The third kappa shape index (κ3) is 2.65. The molecule has 2 heteroatoms. The quantitative estimate of drug-likeness (QED) is 0.517. The summed E-state index contributed by atoms with van der Waals surface area (Å²) in [5, 5.41) is 0.828. The molecule has 3 aromatic rings. The summed E-state index contributed by atoms with van der Waals surface area (Å²) in [5.41, 5.74) is 4.94. The van der Waals surface area contributed by atoms with Crippen LogP contribution in [0.1, 0.15) is 11.1 Å². The summed E-state index contributed by atoms with van der Waals surface area (Å²) < 4.78 is 0. The van der Waals surface area contributed by atoms with Gasteiger partial charge in [0.25, 0.3) is 0 Å². The highest BCUT2D eigenvalue weighted by Crippen LogP contribution is 2.40. The van der Waals surface area contributed by atoms with Gasteiger partial charge in [0.05, 0.1) is 9.90 Å². The Morgan fingerprint density at radius 2 is 1.25 bits per heavy atom. The molecule has 2 aromatic carbocycles. The largest absolute Gasteiger partial charge is 0.134 e. The molecule has 0 N–H and O–H groups in total. The van der Waals surface area contributed by atoms with Gasteiger partial charge in [-0.1, -0.05) is 71.3 Å². The van der Waals surface area contributed by atoms with Crippen molar-refractivity contribution in [3.63, 3.8) is 0 Å². The van der Waals surface area contributed by atoms with E-state index >= 15 is 0 Å². The Kier molecular flexibility index (Phi) is 3.64. The smallest absolute Gasteiger partial charge is 0.0598 e. The van der Waals surface area contributed by atoms with E-state index in [4.69, 9.17) is 11.6 Å². The van der Waals surface area contributed by atoms with Crippen LogP contribution in [0, 0.1) is 13.8 Å². The van der Waals surface area contributed by atoms with Crippen molar-refractivity contribution in [2.24, 2.45) is 0 Å². The van der Waals surface area contributed by atoms with Crippen LogP contribution in [0.3, 0.4) is 0 Å². The molecule has 0 unspecified atom stereocenters. The average Bonchev–Trinajstić information content (AvgIpc) is 2.82. The van der Waals surface area contributed by atoms with Crippen molar-refractivity contribution in [1.29, 1.82) is 0 Å². The minimum atomic E-state index is 0.828. The molecule has 0 nitrogen and oxygen atoms in total. The molecular formula is C18H15ClS. The fraction of sp³-hybridized carbons (Fsp3) is 0.111. The Hall–Kier alpha value is -1.57. The maximum Gasteiger partial charge on any atom is 0.0598 e. The summed E-state index contributed by atoms with van der Waals surface area (Å²) in [4.78, 5) is 2.35. The van der Waals surface area contributed by atoms with Gasteiger partial charge in [-0.15, -0.1) is 11.3 Å². The number of aryl methyl sites for hydroxylation is 2. The van der Waals surface area contributed by atoms with E-state index in [0.717, 1.165) is 9.90 Å². The minimum Gasteiger partial charge on any atom is -0.134 e. The summed E-state index contributed by atoms with van der Waals surface area (Å²) in [6.07, 6.45) is 0. The summed E-state index contributed by atoms with van der Waals surface area (Å²) in [5.74, 6) is 0. The van der Waals surface area contributed by atoms with Crippen LogP contribution in [0.2, 0.25) is 5.02 Å². The van der Waals surface area contributed by atoms with E-state index in [2.05, 4.69) is 68.4 Å². The van der Waals surface area contributed by atoms with Crippen molar-refractivity contribution in [3.05, 3.63) is 70.7 Å². The van der Waals surface area contributed by atoms with Gasteiger partial charge >= 0.3 is 0 Å². The fourth-order valence-electron chi connectivity index (χ4n) is 2.13. The molecule has 0 aliphatic rings. The fourth-order valence-corrected chi connectivity index (χ4v) is 3.59. The molecule has 0 amide bonds. The third-order valence-electron chi connectivity index (χ3n) is 3.34. The predicted molar refractivity (Wildman–Crippen MR) is 89.7 cm³/mol. The first kappa shape index (κ1) is 13.4. The Morgan fingerprint density at radius 1 is 0.750 bits per heavy atom. The highest BCUT2D eigenvalue weighted by atomic mass is 35.5. The van der Waals surface area contributed by atoms with Crippen molar-refractivity contribution in [2.75, 3.05) is 0 Å². The normalized spacial score (nSPS) is 10.8. The van der Waals surface area contributed by atoms with Gasteiger partial charge in [-0.2, -0.15) is 0 Å². The average molecular weight is 299 g/mol. The molecule has 1 heterocycles. The van der Waals surface area contributed by atoms with E-state index < -0.39 is 0 Å². The van der Waals surface area contributed by atoms with Gasteiger partial charge in [0.1, 0.15) is 0 Å². The Labute approximate surface area is 128 Å². The molecule has 0 radical (unpaired) electrons. The third-order valence-corrected chi connectivity index (χ3v) is 4.98. The lowest BCUT2D eigenvalue weighted by Crippen LogP contribution is -1.74. The maximum atomic E-state index is 6.41. The van der Waals surface area contributed by atoms with Gasteiger partial charge in [0, 0.05) is 4.88 Å². The van der Waals surface area contributed by atoms with Gasteiger partial charge < -0.3 is 0 Å². The zero-order valence-electron chi connectivity index (χ0n) is 11.5. The van der Waals surface area contributed by atoms with Crippen molar-refractivity contribution in [1.82, 2.24) is 0 Å². The first-order chi connectivity index (χ1) is 9.63. The first-order valence-electron chi connectivity index (χ1n) is 6.57. The van der Waals surface area contributed by atoms with E-state index in [1.54, 1.807) is 11.3 Å². The van der Waals surface area contributed by atoms with E-state index in [1.165, 1.54) is 27.1 Å². The minimum absolute atomic E-state index is 0.828. The number of halogens is 1. The van der Waals surface area contributed by atoms with Crippen molar-refractivity contribution >= 4 is 22.9 Å². The van der Waals surface area contributed by atoms with E-state index in [-0.39, 0.29) is 0 Å².